The van der Waals surface area contributed by atoms with Crippen LogP contribution >= 0.6 is 23.1 Å². The second-order valence-corrected chi connectivity index (χ2v) is 6.55. The normalized spacial score (nSPS) is 19.7. The van der Waals surface area contributed by atoms with Gasteiger partial charge in [-0.25, -0.2) is 9.17 Å². The number of nitrogens with zero attached hydrogens (tertiary/aromatic N) is 3. The quantitative estimate of drug-likeness (QED) is 0.753. The Bertz CT molecular complexity index is 981. The van der Waals surface area contributed by atoms with E-state index >= 15 is 0 Å². The van der Waals surface area contributed by atoms with Crippen LogP contribution in [0.25, 0.3) is 11.3 Å². The molecule has 1 aliphatic carbocycles. The first-order chi connectivity index (χ1) is 11.1. The maximum atomic E-state index is 11.9. The minimum Gasteiger partial charge on any atom is -0.313 e. The van der Waals surface area contributed by atoms with Crippen molar-refractivity contribution in [1.82, 2.24) is 24.5 Å². The van der Waals surface area contributed by atoms with Gasteiger partial charge in [-0.2, -0.15) is 0 Å². The van der Waals surface area contributed by atoms with Crippen LogP contribution in [0.15, 0.2) is 34.1 Å². The van der Waals surface area contributed by atoms with Gasteiger partial charge in [-0.05, 0) is 41.6 Å². The lowest BCUT2D eigenvalue weighted by molar-refractivity contribution is 0.956. The maximum absolute atomic E-state index is 11.9. The van der Waals surface area contributed by atoms with Crippen LogP contribution in [-0.2, 0) is 0 Å². The monoisotopic (exact) mass is 347 g/mol. The van der Waals surface area contributed by atoms with Crippen LogP contribution in [0.1, 0.15) is 28.7 Å². The lowest BCUT2D eigenvalue weighted by Gasteiger charge is -2.05. The zero-order chi connectivity index (χ0) is 16.0. The maximum Gasteiger partial charge on any atom is 0.325 e. The van der Waals surface area contributed by atoms with Gasteiger partial charge in [0.25, 0.3) is 5.56 Å². The number of nitrogens with one attached hydrogen (secondary N) is 2. The summed E-state index contributed by atoms with van der Waals surface area (Å²) in [5.74, 6) is 0.630. The summed E-state index contributed by atoms with van der Waals surface area (Å²) in [5.41, 5.74) is 0.432. The zero-order valence-electron chi connectivity index (χ0n) is 11.6. The standard InChI is InChI=1S/C14H10ClN5O2S/c15-12-8(6-3-7(6)11-1-2-17-23-11)4-10(19-20-12)9-5-16-14(22)18-13(9)21/h1-2,4-7H,3H2,(H2,16,18,21,22)/t6-,7-/m0/s1. The Morgan fingerprint density at radius 3 is 2.87 bits per heavy atom. The minimum absolute atomic E-state index is 0.249. The number of hydrogen-bond acceptors (Lipinski definition) is 6. The highest BCUT2D eigenvalue weighted by Gasteiger charge is 2.42. The van der Waals surface area contributed by atoms with Crippen molar-refractivity contribution in [1.29, 1.82) is 0 Å². The van der Waals surface area contributed by atoms with Crippen LogP contribution in [0.4, 0.5) is 0 Å². The smallest absolute Gasteiger partial charge is 0.313 e. The number of aromatic amines is 2. The molecule has 9 heteroatoms. The number of aromatic nitrogens is 5. The van der Waals surface area contributed by atoms with Gasteiger partial charge in [0.2, 0.25) is 0 Å². The molecule has 0 saturated heterocycles. The van der Waals surface area contributed by atoms with Crippen molar-refractivity contribution in [3.8, 4) is 11.3 Å². The fourth-order valence-corrected chi connectivity index (χ4v) is 3.65. The number of rotatable bonds is 3. The molecule has 116 valence electrons. The molecule has 0 aliphatic heterocycles. The minimum atomic E-state index is -0.562. The molecule has 0 aromatic carbocycles. The summed E-state index contributed by atoms with van der Waals surface area (Å²) in [7, 11) is 0. The Kier molecular flexibility index (Phi) is 3.35. The summed E-state index contributed by atoms with van der Waals surface area (Å²) in [4.78, 5) is 28.8. The predicted molar refractivity (Wildman–Crippen MR) is 85.9 cm³/mol. The SMILES string of the molecule is O=c1[nH]cc(-c2cc([C@H]3C[C@@H]3c3ccns3)c(Cl)nn2)c(=O)[nH]1. The molecular weight excluding hydrogens is 338 g/mol. The molecule has 4 rings (SSSR count). The third kappa shape index (κ3) is 2.60. The number of halogens is 1. The van der Waals surface area contributed by atoms with Crippen molar-refractivity contribution in [3.05, 3.63) is 61.0 Å². The van der Waals surface area contributed by atoms with Crippen molar-refractivity contribution in [3.63, 3.8) is 0 Å². The van der Waals surface area contributed by atoms with E-state index in [1.54, 1.807) is 12.3 Å². The average Bonchev–Trinajstić information content (AvgIpc) is 3.12. The Morgan fingerprint density at radius 1 is 1.26 bits per heavy atom. The molecule has 7 nitrogen and oxygen atoms in total. The highest BCUT2D eigenvalue weighted by molar-refractivity contribution is 7.05. The van der Waals surface area contributed by atoms with Crippen LogP contribution in [0.3, 0.4) is 0 Å². The van der Waals surface area contributed by atoms with Crippen LogP contribution in [0, 0.1) is 0 Å². The molecule has 0 radical (unpaired) electrons. The lowest BCUT2D eigenvalue weighted by atomic mass is 10.1. The van der Waals surface area contributed by atoms with Gasteiger partial charge in [-0.15, -0.1) is 10.2 Å². The molecule has 0 unspecified atom stereocenters. The molecular formula is C14H10ClN5O2S. The van der Waals surface area contributed by atoms with E-state index in [4.69, 9.17) is 11.6 Å². The van der Waals surface area contributed by atoms with Crippen LogP contribution in [-0.4, -0.2) is 24.5 Å². The van der Waals surface area contributed by atoms with Crippen molar-refractivity contribution in [2.45, 2.75) is 18.3 Å². The fourth-order valence-electron chi connectivity index (χ4n) is 2.65. The third-order valence-corrected chi connectivity index (χ3v) is 5.05. The first-order valence-corrected chi connectivity index (χ1v) is 8.04. The molecule has 3 aromatic rings. The van der Waals surface area contributed by atoms with E-state index in [0.29, 0.717) is 16.8 Å². The molecule has 3 heterocycles. The Morgan fingerprint density at radius 2 is 2.13 bits per heavy atom. The Labute approximate surface area is 138 Å². The van der Waals surface area contributed by atoms with E-state index in [1.807, 2.05) is 6.07 Å². The highest BCUT2D eigenvalue weighted by Crippen LogP contribution is 2.56. The topological polar surface area (TPSA) is 104 Å². The molecule has 3 aromatic heterocycles. The Hall–Kier alpha value is -2.32. The van der Waals surface area contributed by atoms with Gasteiger partial charge in [-0.3, -0.25) is 9.78 Å². The molecule has 23 heavy (non-hydrogen) atoms. The van der Waals surface area contributed by atoms with Gasteiger partial charge in [0.05, 0.1) is 5.56 Å². The molecule has 1 aliphatic rings. The van der Waals surface area contributed by atoms with Crippen LogP contribution in [0.5, 0.6) is 0 Å². The molecule has 0 spiro atoms. The first kappa shape index (κ1) is 14.3. The fraction of sp³-hybridized carbons (Fsp3) is 0.214. The largest absolute Gasteiger partial charge is 0.325 e. The van der Waals surface area contributed by atoms with Crippen molar-refractivity contribution >= 4 is 23.1 Å². The van der Waals surface area contributed by atoms with Gasteiger partial charge < -0.3 is 4.98 Å². The van der Waals surface area contributed by atoms with E-state index in [1.165, 1.54) is 22.6 Å². The van der Waals surface area contributed by atoms with E-state index in [-0.39, 0.29) is 11.5 Å². The van der Waals surface area contributed by atoms with Gasteiger partial charge in [0.15, 0.2) is 5.15 Å². The van der Waals surface area contributed by atoms with Crippen molar-refractivity contribution < 1.29 is 0 Å². The van der Waals surface area contributed by atoms with E-state index in [0.717, 1.165) is 12.0 Å². The first-order valence-electron chi connectivity index (χ1n) is 6.89. The third-order valence-electron chi connectivity index (χ3n) is 3.88. The summed E-state index contributed by atoms with van der Waals surface area (Å²) < 4.78 is 4.12. The van der Waals surface area contributed by atoms with Crippen molar-refractivity contribution in [2.24, 2.45) is 0 Å². The zero-order valence-corrected chi connectivity index (χ0v) is 13.2. The molecule has 1 fully saturated rings. The van der Waals surface area contributed by atoms with Gasteiger partial charge >= 0.3 is 5.69 Å². The summed E-state index contributed by atoms with van der Waals surface area (Å²) in [5, 5.41) is 8.26. The summed E-state index contributed by atoms with van der Waals surface area (Å²) in [6.07, 6.45) is 4.08. The van der Waals surface area contributed by atoms with Crippen LogP contribution in [0.2, 0.25) is 5.15 Å². The number of hydrogen-bond donors (Lipinski definition) is 2. The summed E-state index contributed by atoms with van der Waals surface area (Å²) in [6.45, 7) is 0. The second-order valence-electron chi connectivity index (χ2n) is 5.32. The summed E-state index contributed by atoms with van der Waals surface area (Å²) >= 11 is 7.66. The molecule has 2 N–H and O–H groups in total. The van der Waals surface area contributed by atoms with E-state index in [2.05, 4.69) is 24.5 Å². The molecule has 2 atom stereocenters. The Balaban J connectivity index is 1.72. The average molecular weight is 348 g/mol. The number of H-pyrrole nitrogens is 2. The predicted octanol–water partition coefficient (Wildman–Crippen LogP) is 1.90. The molecule has 1 saturated carbocycles. The van der Waals surface area contributed by atoms with Crippen molar-refractivity contribution in [2.75, 3.05) is 0 Å². The van der Waals surface area contributed by atoms with Crippen LogP contribution < -0.4 is 11.2 Å². The summed E-state index contributed by atoms with van der Waals surface area (Å²) in [6, 6.07) is 3.77. The van der Waals surface area contributed by atoms with E-state index < -0.39 is 11.2 Å². The van der Waals surface area contributed by atoms with Gasteiger partial charge in [0.1, 0.15) is 5.69 Å². The lowest BCUT2D eigenvalue weighted by Crippen LogP contribution is -2.22. The highest BCUT2D eigenvalue weighted by atomic mass is 35.5. The van der Waals surface area contributed by atoms with Gasteiger partial charge in [0, 0.05) is 23.2 Å². The molecule has 0 bridgehead atoms. The second kappa shape index (κ2) is 5.39. The van der Waals surface area contributed by atoms with E-state index in [9.17, 15) is 9.59 Å². The van der Waals surface area contributed by atoms with Gasteiger partial charge in [-0.1, -0.05) is 11.6 Å². The molecule has 0 amide bonds.